The Morgan fingerprint density at radius 3 is 3.22 bits per heavy atom. The molecular formula is C12H13N3O3. The lowest BCUT2D eigenvalue weighted by Crippen LogP contribution is -2.11. The molecule has 1 aliphatic heterocycles. The van der Waals surface area contributed by atoms with Gasteiger partial charge in [-0.05, 0) is 12.5 Å². The Bertz CT molecular complexity index is 527. The van der Waals surface area contributed by atoms with Crippen LogP contribution in [0, 0.1) is 0 Å². The molecule has 3 rings (SSSR count). The van der Waals surface area contributed by atoms with Crippen LogP contribution in [0.15, 0.2) is 35.4 Å². The largest absolute Gasteiger partial charge is 0.472 e. The lowest BCUT2D eigenvalue weighted by molar-refractivity contribution is 0.102. The minimum atomic E-state index is -0.203. The van der Waals surface area contributed by atoms with E-state index in [0.717, 1.165) is 13.0 Å². The van der Waals surface area contributed by atoms with Gasteiger partial charge in [-0.2, -0.15) is 5.10 Å². The maximum Gasteiger partial charge on any atom is 0.259 e. The zero-order valence-corrected chi connectivity index (χ0v) is 9.70. The molecule has 0 saturated carbocycles. The van der Waals surface area contributed by atoms with E-state index in [1.165, 1.54) is 12.5 Å². The van der Waals surface area contributed by atoms with Gasteiger partial charge in [-0.3, -0.25) is 9.48 Å². The summed E-state index contributed by atoms with van der Waals surface area (Å²) in [5, 5.41) is 7.00. The minimum Gasteiger partial charge on any atom is -0.472 e. The van der Waals surface area contributed by atoms with Crippen LogP contribution in [-0.4, -0.2) is 28.9 Å². The van der Waals surface area contributed by atoms with Crippen LogP contribution >= 0.6 is 0 Å². The van der Waals surface area contributed by atoms with Crippen LogP contribution in [0.25, 0.3) is 0 Å². The molecule has 0 spiro atoms. The van der Waals surface area contributed by atoms with Crippen molar-refractivity contribution in [1.29, 1.82) is 0 Å². The number of ether oxygens (including phenoxy) is 1. The monoisotopic (exact) mass is 247 g/mol. The SMILES string of the molecule is O=C(Nc1cnn([C@@H]2CCOC2)c1)c1ccoc1. The molecule has 1 amide bonds. The summed E-state index contributed by atoms with van der Waals surface area (Å²) in [6, 6.07) is 1.88. The molecule has 1 aliphatic rings. The highest BCUT2D eigenvalue weighted by molar-refractivity contribution is 6.03. The zero-order valence-electron chi connectivity index (χ0n) is 9.70. The first-order valence-electron chi connectivity index (χ1n) is 5.78. The van der Waals surface area contributed by atoms with Gasteiger partial charge in [0.15, 0.2) is 0 Å². The average Bonchev–Trinajstić information content (AvgIpc) is 3.12. The fraction of sp³-hybridized carbons (Fsp3) is 0.333. The van der Waals surface area contributed by atoms with Crippen LogP contribution in [0.4, 0.5) is 5.69 Å². The van der Waals surface area contributed by atoms with Gasteiger partial charge in [0, 0.05) is 12.8 Å². The van der Waals surface area contributed by atoms with Gasteiger partial charge in [0.1, 0.15) is 6.26 Å². The number of nitrogens with zero attached hydrogens (tertiary/aromatic N) is 2. The highest BCUT2D eigenvalue weighted by Crippen LogP contribution is 2.19. The van der Waals surface area contributed by atoms with Crippen molar-refractivity contribution in [2.24, 2.45) is 0 Å². The first kappa shape index (κ1) is 11.0. The number of carbonyl (C=O) groups is 1. The van der Waals surface area contributed by atoms with Crippen molar-refractivity contribution in [1.82, 2.24) is 9.78 Å². The van der Waals surface area contributed by atoms with Gasteiger partial charge >= 0.3 is 0 Å². The van der Waals surface area contributed by atoms with Crippen molar-refractivity contribution < 1.29 is 13.9 Å². The Morgan fingerprint density at radius 1 is 1.56 bits per heavy atom. The molecule has 6 nitrogen and oxygen atoms in total. The molecule has 0 unspecified atom stereocenters. The molecule has 94 valence electrons. The maximum atomic E-state index is 11.8. The highest BCUT2D eigenvalue weighted by Gasteiger charge is 2.18. The topological polar surface area (TPSA) is 69.3 Å². The van der Waals surface area contributed by atoms with Crippen molar-refractivity contribution in [2.45, 2.75) is 12.5 Å². The van der Waals surface area contributed by atoms with Gasteiger partial charge in [0.05, 0.1) is 36.4 Å². The second-order valence-electron chi connectivity index (χ2n) is 4.19. The quantitative estimate of drug-likeness (QED) is 0.896. The van der Waals surface area contributed by atoms with E-state index < -0.39 is 0 Å². The molecule has 1 saturated heterocycles. The summed E-state index contributed by atoms with van der Waals surface area (Å²) in [7, 11) is 0. The number of nitrogens with one attached hydrogen (secondary N) is 1. The van der Waals surface area contributed by atoms with Gasteiger partial charge < -0.3 is 14.5 Å². The van der Waals surface area contributed by atoms with Crippen molar-refractivity contribution in [3.63, 3.8) is 0 Å². The number of hydrogen-bond donors (Lipinski definition) is 1. The Morgan fingerprint density at radius 2 is 2.50 bits per heavy atom. The third kappa shape index (κ3) is 2.14. The average molecular weight is 247 g/mol. The Kier molecular flexibility index (Phi) is 2.85. The summed E-state index contributed by atoms with van der Waals surface area (Å²) < 4.78 is 12.0. The maximum absolute atomic E-state index is 11.8. The fourth-order valence-corrected chi connectivity index (χ4v) is 1.93. The molecule has 1 fully saturated rings. The van der Waals surface area contributed by atoms with E-state index >= 15 is 0 Å². The van der Waals surface area contributed by atoms with Crippen LogP contribution in [-0.2, 0) is 4.74 Å². The lowest BCUT2D eigenvalue weighted by atomic mass is 10.3. The fourth-order valence-electron chi connectivity index (χ4n) is 1.93. The summed E-state index contributed by atoms with van der Waals surface area (Å²) in [6.07, 6.45) is 7.28. The van der Waals surface area contributed by atoms with E-state index in [4.69, 9.17) is 9.15 Å². The van der Waals surface area contributed by atoms with Gasteiger partial charge in [0.25, 0.3) is 5.91 Å². The smallest absolute Gasteiger partial charge is 0.259 e. The molecule has 18 heavy (non-hydrogen) atoms. The second kappa shape index (κ2) is 4.66. The molecule has 0 aromatic carbocycles. The normalized spacial score (nSPS) is 19.0. The van der Waals surface area contributed by atoms with Crippen molar-refractivity contribution in [3.05, 3.63) is 36.5 Å². The summed E-state index contributed by atoms with van der Waals surface area (Å²) in [6.45, 7) is 1.44. The van der Waals surface area contributed by atoms with Crippen LogP contribution in [0.2, 0.25) is 0 Å². The van der Waals surface area contributed by atoms with Crippen LogP contribution < -0.4 is 5.32 Å². The molecule has 1 atom stereocenters. The van der Waals surface area contributed by atoms with Crippen molar-refractivity contribution >= 4 is 11.6 Å². The molecule has 2 aromatic rings. The first-order chi connectivity index (χ1) is 8.83. The van der Waals surface area contributed by atoms with E-state index in [-0.39, 0.29) is 11.9 Å². The Balaban J connectivity index is 1.68. The second-order valence-corrected chi connectivity index (χ2v) is 4.19. The van der Waals surface area contributed by atoms with E-state index in [1.54, 1.807) is 12.3 Å². The number of amides is 1. The first-order valence-corrected chi connectivity index (χ1v) is 5.78. The predicted octanol–water partition coefficient (Wildman–Crippen LogP) is 1.69. The summed E-state index contributed by atoms with van der Waals surface area (Å²) in [5.74, 6) is -0.203. The molecule has 2 aromatic heterocycles. The predicted molar refractivity (Wildman–Crippen MR) is 63.4 cm³/mol. The number of hydrogen-bond acceptors (Lipinski definition) is 4. The van der Waals surface area contributed by atoms with E-state index in [9.17, 15) is 4.79 Å². The molecule has 0 aliphatic carbocycles. The van der Waals surface area contributed by atoms with Crippen LogP contribution in [0.5, 0.6) is 0 Å². The summed E-state index contributed by atoms with van der Waals surface area (Å²) in [4.78, 5) is 11.8. The Hall–Kier alpha value is -2.08. The van der Waals surface area contributed by atoms with Crippen molar-refractivity contribution in [3.8, 4) is 0 Å². The zero-order chi connectivity index (χ0) is 12.4. The highest BCUT2D eigenvalue weighted by atomic mass is 16.5. The number of carbonyl (C=O) groups excluding carboxylic acids is 1. The van der Waals surface area contributed by atoms with Gasteiger partial charge in [0.2, 0.25) is 0 Å². The Labute approximate surface area is 104 Å². The summed E-state index contributed by atoms with van der Waals surface area (Å²) >= 11 is 0. The minimum absolute atomic E-state index is 0.203. The lowest BCUT2D eigenvalue weighted by Gasteiger charge is -2.06. The van der Waals surface area contributed by atoms with Gasteiger partial charge in [-0.25, -0.2) is 0 Å². The van der Waals surface area contributed by atoms with Gasteiger partial charge in [-0.1, -0.05) is 0 Å². The third-order valence-electron chi connectivity index (χ3n) is 2.92. The van der Waals surface area contributed by atoms with E-state index in [0.29, 0.717) is 17.9 Å². The van der Waals surface area contributed by atoms with Crippen LogP contribution in [0.1, 0.15) is 22.8 Å². The van der Waals surface area contributed by atoms with Gasteiger partial charge in [-0.15, -0.1) is 0 Å². The molecule has 0 bridgehead atoms. The number of furan rings is 1. The standard InChI is InChI=1S/C12H13N3O3/c16-12(9-1-3-17-7-9)14-10-5-13-15(6-10)11-2-4-18-8-11/h1,3,5-7,11H,2,4,8H2,(H,14,16)/t11-/m1/s1. The number of anilines is 1. The number of rotatable bonds is 3. The van der Waals surface area contributed by atoms with Crippen molar-refractivity contribution in [2.75, 3.05) is 18.5 Å². The molecule has 1 N–H and O–H groups in total. The molecule has 6 heteroatoms. The van der Waals surface area contributed by atoms with E-state index in [2.05, 4.69) is 10.4 Å². The molecule has 3 heterocycles. The third-order valence-corrected chi connectivity index (χ3v) is 2.92. The molecule has 0 radical (unpaired) electrons. The number of aromatic nitrogens is 2. The van der Waals surface area contributed by atoms with E-state index in [1.807, 2.05) is 10.9 Å². The van der Waals surface area contributed by atoms with Crippen LogP contribution in [0.3, 0.4) is 0 Å². The molecular weight excluding hydrogens is 234 g/mol. The summed E-state index contributed by atoms with van der Waals surface area (Å²) in [5.41, 5.74) is 1.17.